The van der Waals surface area contributed by atoms with Gasteiger partial charge in [-0.15, -0.1) is 0 Å². The predicted octanol–water partition coefficient (Wildman–Crippen LogP) is 6.64. The van der Waals surface area contributed by atoms with Crippen LogP contribution < -0.4 is 0 Å². The Morgan fingerprint density at radius 1 is 1.24 bits per heavy atom. The van der Waals surface area contributed by atoms with E-state index in [1.807, 2.05) is 26.1 Å². The predicted molar refractivity (Wildman–Crippen MR) is 141 cm³/mol. The van der Waals surface area contributed by atoms with Gasteiger partial charge in [-0.3, -0.25) is 9.59 Å². The number of rotatable bonds is 8. The van der Waals surface area contributed by atoms with Gasteiger partial charge < -0.3 is 14.4 Å². The number of hydrogen-bond donors (Lipinski definition) is 0. The average molecular weight is 476 g/mol. The maximum atomic E-state index is 11.8. The quantitative estimate of drug-likeness (QED) is 0.171. The van der Waals surface area contributed by atoms with E-state index in [1.165, 1.54) is 32.6 Å². The third-order valence-corrected chi connectivity index (χ3v) is 6.22. The smallest absolute Gasteiger partial charge is 0.303 e. The van der Waals surface area contributed by atoms with Gasteiger partial charge in [0.1, 0.15) is 6.10 Å². The molecule has 0 bridgehead atoms. The molecule has 5 unspecified atom stereocenters. The Morgan fingerprint density at radius 2 is 2.00 bits per heavy atom. The molecule has 0 aromatic carbocycles. The highest BCUT2D eigenvalue weighted by Gasteiger charge is 2.37. The second-order valence-electron chi connectivity index (χ2n) is 9.86. The normalized spacial score (nSPS) is 27.9. The van der Waals surface area contributed by atoms with Crippen LogP contribution >= 0.6 is 0 Å². The molecule has 5 nitrogen and oxygen atoms in total. The number of hydrogen-bond acceptors (Lipinski definition) is 4. The van der Waals surface area contributed by atoms with E-state index in [2.05, 4.69) is 45.1 Å². The summed E-state index contributed by atoms with van der Waals surface area (Å²) in [5.74, 6) is 0.892. The highest BCUT2D eigenvalue weighted by atomic mass is 16.6. The van der Waals surface area contributed by atoms with E-state index >= 15 is 0 Å². The second kappa shape index (κ2) is 17.5. The van der Waals surface area contributed by atoms with Crippen molar-refractivity contribution in [2.75, 3.05) is 13.6 Å². The number of amides is 1. The minimum Gasteiger partial charge on any atom is -0.458 e. The van der Waals surface area contributed by atoms with E-state index in [4.69, 9.17) is 9.47 Å². The molecule has 0 aromatic heterocycles. The van der Waals surface area contributed by atoms with Gasteiger partial charge >= 0.3 is 5.97 Å². The van der Waals surface area contributed by atoms with Crippen LogP contribution in [-0.4, -0.2) is 48.7 Å². The highest BCUT2D eigenvalue weighted by molar-refractivity contribution is 5.75. The maximum absolute atomic E-state index is 11.8. The minimum absolute atomic E-state index is 0.125. The average Bonchev–Trinajstić information content (AvgIpc) is 3.52. The van der Waals surface area contributed by atoms with Gasteiger partial charge in [0.25, 0.3) is 0 Å². The molecule has 194 valence electrons. The zero-order valence-corrected chi connectivity index (χ0v) is 22.5. The van der Waals surface area contributed by atoms with Gasteiger partial charge in [-0.25, -0.2) is 0 Å². The zero-order valence-electron chi connectivity index (χ0n) is 22.5. The van der Waals surface area contributed by atoms with E-state index in [9.17, 15) is 9.59 Å². The summed E-state index contributed by atoms with van der Waals surface area (Å²) < 4.78 is 10.9. The fourth-order valence-corrected chi connectivity index (χ4v) is 4.16. The van der Waals surface area contributed by atoms with Crippen molar-refractivity contribution in [1.29, 1.82) is 0 Å². The Labute approximate surface area is 208 Å². The summed E-state index contributed by atoms with van der Waals surface area (Å²) in [5, 5.41) is 0. The van der Waals surface area contributed by atoms with Crippen LogP contribution in [0.3, 0.4) is 0 Å². The highest BCUT2D eigenvalue weighted by Crippen LogP contribution is 2.32. The van der Waals surface area contributed by atoms with E-state index in [0.29, 0.717) is 31.1 Å². The zero-order chi connectivity index (χ0) is 25.3. The molecule has 2 rings (SSSR count). The first-order valence-electron chi connectivity index (χ1n) is 13.3. The van der Waals surface area contributed by atoms with Crippen LogP contribution in [0.15, 0.2) is 36.5 Å². The third kappa shape index (κ3) is 14.4. The lowest BCUT2D eigenvalue weighted by molar-refractivity contribution is -0.144. The number of ether oxygens (including phenoxy) is 2. The van der Waals surface area contributed by atoms with Crippen LogP contribution in [0.2, 0.25) is 0 Å². The standard InChI is InChI=1S/C15H25NO3.C14H24O/c1-12-9-10-14(19-13(2)17)7-5-4-6-8-15(18)16(3)11-12;1-4-6-8-9-12(3)11-14-13(15-14)10-7-5-2/h9-10,12,14H,4-8,11H2,1-3H3;4,6,8-9,12-14H,5,7,10-11H2,1-3H3/b10-9+;6-4-,9-8+. The molecule has 34 heavy (non-hydrogen) atoms. The van der Waals surface area contributed by atoms with Crippen LogP contribution in [-0.2, 0) is 19.1 Å². The molecule has 0 aliphatic carbocycles. The summed E-state index contributed by atoms with van der Waals surface area (Å²) >= 11 is 0. The molecule has 2 aliphatic heterocycles. The van der Waals surface area contributed by atoms with Crippen molar-refractivity contribution < 1.29 is 19.1 Å². The molecule has 5 heteroatoms. The van der Waals surface area contributed by atoms with E-state index in [0.717, 1.165) is 25.7 Å². The lowest BCUT2D eigenvalue weighted by atomic mass is 10.0. The molecule has 1 amide bonds. The van der Waals surface area contributed by atoms with Gasteiger partial charge in [0.15, 0.2) is 0 Å². The van der Waals surface area contributed by atoms with Gasteiger partial charge in [-0.05, 0) is 56.9 Å². The largest absolute Gasteiger partial charge is 0.458 e. The molecule has 0 aromatic rings. The topological polar surface area (TPSA) is 59.1 Å². The fourth-order valence-electron chi connectivity index (χ4n) is 4.16. The van der Waals surface area contributed by atoms with Gasteiger partial charge in [-0.2, -0.15) is 0 Å². The number of carbonyl (C=O) groups excluding carboxylic acids is 2. The first kappa shape index (κ1) is 30.2. The Bertz CT molecular complexity index is 669. The Kier molecular flexibility index (Phi) is 15.6. The van der Waals surface area contributed by atoms with Crippen LogP contribution in [0.5, 0.6) is 0 Å². The van der Waals surface area contributed by atoms with Gasteiger partial charge in [0, 0.05) is 26.9 Å². The van der Waals surface area contributed by atoms with Crippen LogP contribution in [0.4, 0.5) is 0 Å². The molecule has 1 fully saturated rings. The first-order valence-corrected chi connectivity index (χ1v) is 13.3. The van der Waals surface area contributed by atoms with Gasteiger partial charge in [-0.1, -0.05) is 70.4 Å². The monoisotopic (exact) mass is 475 g/mol. The molecule has 0 N–H and O–H groups in total. The molecule has 2 aliphatic rings. The number of allylic oxidation sites excluding steroid dienone is 4. The van der Waals surface area contributed by atoms with Crippen molar-refractivity contribution in [3.05, 3.63) is 36.5 Å². The molecule has 0 radical (unpaired) electrons. The first-order chi connectivity index (χ1) is 16.3. The van der Waals surface area contributed by atoms with Crippen molar-refractivity contribution in [2.24, 2.45) is 11.8 Å². The van der Waals surface area contributed by atoms with Crippen molar-refractivity contribution in [3.8, 4) is 0 Å². The summed E-state index contributed by atoms with van der Waals surface area (Å²) in [5.41, 5.74) is 0. The van der Waals surface area contributed by atoms with E-state index in [-0.39, 0.29) is 23.9 Å². The fraction of sp³-hybridized carbons (Fsp3) is 0.724. The van der Waals surface area contributed by atoms with E-state index in [1.54, 1.807) is 4.90 Å². The molecule has 1 saturated heterocycles. The van der Waals surface area contributed by atoms with Crippen molar-refractivity contribution >= 4 is 11.9 Å². The summed E-state index contributed by atoms with van der Waals surface area (Å²) in [7, 11) is 1.85. The Balaban J connectivity index is 0.000000350. The van der Waals surface area contributed by atoms with Crippen LogP contribution in [0, 0.1) is 11.8 Å². The number of unbranched alkanes of at least 4 members (excludes halogenated alkanes) is 1. The summed E-state index contributed by atoms with van der Waals surface area (Å²) in [6, 6.07) is 0. The maximum Gasteiger partial charge on any atom is 0.303 e. The summed E-state index contributed by atoms with van der Waals surface area (Å²) in [4.78, 5) is 24.7. The molecule has 0 saturated carbocycles. The van der Waals surface area contributed by atoms with Gasteiger partial charge in [0.2, 0.25) is 5.91 Å². The number of epoxide rings is 1. The molecular weight excluding hydrogens is 426 g/mol. The van der Waals surface area contributed by atoms with Crippen molar-refractivity contribution in [2.45, 2.75) is 111 Å². The van der Waals surface area contributed by atoms with Crippen LogP contribution in [0.1, 0.15) is 92.4 Å². The lowest BCUT2D eigenvalue weighted by Gasteiger charge is -2.21. The Hall–Kier alpha value is -1.88. The lowest BCUT2D eigenvalue weighted by Crippen LogP contribution is -2.30. The number of nitrogens with zero attached hydrogens (tertiary/aromatic N) is 1. The van der Waals surface area contributed by atoms with E-state index < -0.39 is 0 Å². The number of carbonyl (C=O) groups is 2. The Morgan fingerprint density at radius 3 is 2.68 bits per heavy atom. The minimum atomic E-state index is -0.235. The van der Waals surface area contributed by atoms with Crippen molar-refractivity contribution in [1.82, 2.24) is 4.90 Å². The number of esters is 1. The molecule has 5 atom stereocenters. The third-order valence-electron chi connectivity index (χ3n) is 6.22. The molecular formula is C29H49NO4. The second-order valence-corrected chi connectivity index (χ2v) is 9.86. The van der Waals surface area contributed by atoms with Crippen LogP contribution in [0.25, 0.3) is 0 Å². The summed E-state index contributed by atoms with van der Waals surface area (Å²) in [6.45, 7) is 10.8. The molecule has 0 spiro atoms. The molecule has 2 heterocycles. The SMILES string of the molecule is C/C=C\C=C\C(C)CC1OC1CCCC.CC(=O)OC1/C=C/C(C)CN(C)C(=O)CCCCC1. The summed E-state index contributed by atoms with van der Waals surface area (Å²) in [6.07, 6.45) is 22.9. The van der Waals surface area contributed by atoms with Gasteiger partial charge in [0.05, 0.1) is 12.2 Å². The van der Waals surface area contributed by atoms with Crippen molar-refractivity contribution in [3.63, 3.8) is 0 Å².